The van der Waals surface area contributed by atoms with Gasteiger partial charge in [0.15, 0.2) is 11.6 Å². The minimum Gasteiger partial charge on any atom is -0.278 e. The Morgan fingerprint density at radius 1 is 0.431 bits per heavy atom. The lowest BCUT2D eigenvalue weighted by Gasteiger charge is -2.28. The molecule has 282 valence electrons. The zero-order valence-electron chi connectivity index (χ0n) is 34.0. The van der Waals surface area contributed by atoms with E-state index in [9.17, 15) is 0 Å². The lowest BCUT2D eigenvalue weighted by molar-refractivity contribution is 0.919. The Bertz CT molecular complexity index is 2850. The van der Waals surface area contributed by atoms with E-state index in [1.165, 1.54) is 50.1 Å². The first-order valence-electron chi connectivity index (χ1n) is 20.1. The highest BCUT2D eigenvalue weighted by atomic mass is 15.3. The van der Waals surface area contributed by atoms with E-state index in [-0.39, 0.29) is 5.92 Å². The van der Waals surface area contributed by atoms with Crippen molar-refractivity contribution in [3.8, 4) is 22.8 Å². The third-order valence-corrected chi connectivity index (χ3v) is 11.4. The number of aryl methyl sites for hydroxylation is 6. The van der Waals surface area contributed by atoms with Gasteiger partial charge in [-0.05, 0) is 115 Å². The summed E-state index contributed by atoms with van der Waals surface area (Å²) in [7, 11) is 0. The minimum atomic E-state index is 0.0566. The number of hydrogen-bond acceptors (Lipinski definition) is 4. The Balaban J connectivity index is 1.28. The van der Waals surface area contributed by atoms with Crippen LogP contribution in [0, 0.1) is 41.5 Å². The molecule has 0 bridgehead atoms. The zero-order chi connectivity index (χ0) is 39.9. The number of rotatable bonds is 8. The Labute approximate surface area is 341 Å². The van der Waals surface area contributed by atoms with Gasteiger partial charge in [-0.15, -0.1) is 0 Å². The molecule has 8 aromatic carbocycles. The molecule has 1 heterocycles. The van der Waals surface area contributed by atoms with Crippen LogP contribution in [0.1, 0.15) is 56.0 Å². The summed E-state index contributed by atoms with van der Waals surface area (Å²) < 4.78 is 0. The van der Waals surface area contributed by atoms with Crippen molar-refractivity contribution < 1.29 is 0 Å². The van der Waals surface area contributed by atoms with Crippen molar-refractivity contribution in [3.63, 3.8) is 0 Å². The van der Waals surface area contributed by atoms with Crippen LogP contribution in [-0.2, 0) is 0 Å². The Morgan fingerprint density at radius 3 is 1.55 bits per heavy atom. The molecular weight excluding hydrogens is 705 g/mol. The van der Waals surface area contributed by atoms with Gasteiger partial charge >= 0.3 is 0 Å². The van der Waals surface area contributed by atoms with Gasteiger partial charge in [0.05, 0.1) is 5.69 Å². The predicted octanol–water partition coefficient (Wildman–Crippen LogP) is 14.0. The van der Waals surface area contributed by atoms with Gasteiger partial charge in [-0.2, -0.15) is 9.97 Å². The average molecular weight is 751 g/mol. The summed E-state index contributed by atoms with van der Waals surface area (Å²) in [6.07, 6.45) is 0. The summed E-state index contributed by atoms with van der Waals surface area (Å²) in [6, 6.07) is 58.3. The molecule has 0 atom stereocenters. The molecule has 9 rings (SSSR count). The monoisotopic (exact) mass is 750 g/mol. The van der Waals surface area contributed by atoms with Crippen molar-refractivity contribution >= 4 is 38.9 Å². The predicted molar refractivity (Wildman–Crippen MR) is 243 cm³/mol. The Morgan fingerprint density at radius 2 is 0.931 bits per heavy atom. The Kier molecular flexibility index (Phi) is 9.63. The lowest BCUT2D eigenvalue weighted by atomic mass is 9.77. The molecule has 9 aromatic rings. The molecule has 4 heteroatoms. The van der Waals surface area contributed by atoms with Gasteiger partial charge in [0.2, 0.25) is 5.95 Å². The maximum atomic E-state index is 5.36. The molecule has 0 aliphatic carbocycles. The van der Waals surface area contributed by atoms with E-state index in [2.05, 4.69) is 192 Å². The summed E-state index contributed by atoms with van der Waals surface area (Å²) >= 11 is 0. The van der Waals surface area contributed by atoms with Crippen LogP contribution in [0.4, 0.5) is 17.3 Å². The van der Waals surface area contributed by atoms with Crippen LogP contribution >= 0.6 is 0 Å². The zero-order valence-corrected chi connectivity index (χ0v) is 34.0. The van der Waals surface area contributed by atoms with Gasteiger partial charge < -0.3 is 0 Å². The number of fused-ring (bicyclic) bond motifs is 2. The molecule has 58 heavy (non-hydrogen) atoms. The largest absolute Gasteiger partial charge is 0.278 e. The number of hydrogen-bond donors (Lipinski definition) is 0. The third kappa shape index (κ3) is 6.81. The van der Waals surface area contributed by atoms with E-state index in [0.717, 1.165) is 44.0 Å². The van der Waals surface area contributed by atoms with Crippen molar-refractivity contribution in [1.29, 1.82) is 0 Å². The van der Waals surface area contributed by atoms with Crippen molar-refractivity contribution in [2.24, 2.45) is 0 Å². The van der Waals surface area contributed by atoms with Crippen molar-refractivity contribution in [2.75, 3.05) is 4.90 Å². The Hall–Kier alpha value is -6.91. The molecule has 0 unspecified atom stereocenters. The van der Waals surface area contributed by atoms with E-state index >= 15 is 0 Å². The second-order valence-electron chi connectivity index (χ2n) is 15.7. The number of nitrogens with zero attached hydrogens (tertiary/aromatic N) is 4. The van der Waals surface area contributed by atoms with Crippen LogP contribution in [0.2, 0.25) is 0 Å². The molecule has 0 aliphatic rings. The van der Waals surface area contributed by atoms with Gasteiger partial charge in [0.1, 0.15) is 0 Å². The van der Waals surface area contributed by atoms with E-state index in [1.807, 2.05) is 18.2 Å². The lowest BCUT2D eigenvalue weighted by Crippen LogP contribution is -2.16. The van der Waals surface area contributed by atoms with Crippen LogP contribution in [0.3, 0.4) is 0 Å². The quantitative estimate of drug-likeness (QED) is 0.145. The first kappa shape index (κ1) is 36.7. The fourth-order valence-corrected chi connectivity index (χ4v) is 9.07. The second-order valence-corrected chi connectivity index (χ2v) is 15.7. The van der Waals surface area contributed by atoms with Crippen LogP contribution in [-0.4, -0.2) is 15.0 Å². The summed E-state index contributed by atoms with van der Waals surface area (Å²) in [6.45, 7) is 13.4. The molecule has 0 spiro atoms. The molecule has 4 nitrogen and oxygen atoms in total. The SMILES string of the molecule is Cc1cc(C)c(C(c2ccc(N(c3nc(-c4ccccc4)nc(-c4cccc5ccccc45)n3)c3cccc4ccccc34)cc2)c2c(C)cc(C)cc2C)c(C)c1. The second kappa shape index (κ2) is 15.2. The number of aromatic nitrogens is 3. The molecule has 0 saturated heterocycles. The molecule has 0 aliphatic heterocycles. The standard InChI is InChI=1S/C54H46N4/c1-34-30-36(3)49(37(4)31-34)51(50-38(5)32-35(2)33-39(50)6)42-26-28-44(29-27-42)58(48-25-15-21-41-17-11-13-23-46(41)48)54-56-52(43-18-8-7-9-19-43)55-53(57-54)47-24-14-20-40-16-10-12-22-45(40)47/h7-33,51H,1-6H3. The summed E-state index contributed by atoms with van der Waals surface area (Å²) in [5.74, 6) is 1.85. The molecule has 0 radical (unpaired) electrons. The third-order valence-electron chi connectivity index (χ3n) is 11.4. The first-order valence-corrected chi connectivity index (χ1v) is 20.1. The highest BCUT2D eigenvalue weighted by Crippen LogP contribution is 2.43. The van der Waals surface area contributed by atoms with Gasteiger partial charge in [-0.25, -0.2) is 4.98 Å². The van der Waals surface area contributed by atoms with E-state index in [4.69, 9.17) is 15.0 Å². The number of anilines is 3. The molecule has 0 saturated carbocycles. The highest BCUT2D eigenvalue weighted by Gasteiger charge is 2.26. The van der Waals surface area contributed by atoms with Gasteiger partial charge in [0.25, 0.3) is 0 Å². The van der Waals surface area contributed by atoms with Crippen molar-refractivity contribution in [3.05, 3.63) is 214 Å². The van der Waals surface area contributed by atoms with Crippen LogP contribution in [0.5, 0.6) is 0 Å². The highest BCUT2D eigenvalue weighted by molar-refractivity contribution is 5.99. The first-order chi connectivity index (χ1) is 28.2. The van der Waals surface area contributed by atoms with Crippen LogP contribution in [0.15, 0.2) is 164 Å². The smallest absolute Gasteiger partial charge is 0.238 e. The molecule has 0 fully saturated rings. The molecule has 0 N–H and O–H groups in total. The van der Waals surface area contributed by atoms with Crippen LogP contribution < -0.4 is 4.90 Å². The fraction of sp³-hybridized carbons (Fsp3) is 0.130. The van der Waals surface area contributed by atoms with Crippen molar-refractivity contribution in [1.82, 2.24) is 15.0 Å². The fourth-order valence-electron chi connectivity index (χ4n) is 9.07. The van der Waals surface area contributed by atoms with Gasteiger partial charge in [0, 0.05) is 28.1 Å². The molecule has 1 aromatic heterocycles. The summed E-state index contributed by atoms with van der Waals surface area (Å²) in [4.78, 5) is 18.0. The van der Waals surface area contributed by atoms with E-state index in [0.29, 0.717) is 17.6 Å². The van der Waals surface area contributed by atoms with Gasteiger partial charge in [-0.3, -0.25) is 4.90 Å². The van der Waals surface area contributed by atoms with Crippen LogP contribution in [0.25, 0.3) is 44.3 Å². The maximum Gasteiger partial charge on any atom is 0.238 e. The minimum absolute atomic E-state index is 0.0566. The average Bonchev–Trinajstić information content (AvgIpc) is 3.23. The summed E-state index contributed by atoms with van der Waals surface area (Å²) in [5, 5.41) is 4.48. The molecule has 0 amide bonds. The van der Waals surface area contributed by atoms with E-state index < -0.39 is 0 Å². The topological polar surface area (TPSA) is 41.9 Å². The summed E-state index contributed by atoms with van der Waals surface area (Å²) in [5.41, 5.74) is 15.6. The van der Waals surface area contributed by atoms with Gasteiger partial charge in [-0.1, -0.05) is 157 Å². The maximum absolute atomic E-state index is 5.36. The van der Waals surface area contributed by atoms with E-state index in [1.54, 1.807) is 0 Å². The normalized spacial score (nSPS) is 11.4. The van der Waals surface area contributed by atoms with Crippen molar-refractivity contribution in [2.45, 2.75) is 47.5 Å². The molecular formula is C54H46N4. The number of benzene rings is 8.